The van der Waals surface area contributed by atoms with Crippen LogP contribution in [0.25, 0.3) is 0 Å². The van der Waals surface area contributed by atoms with E-state index in [-0.39, 0.29) is 11.9 Å². The predicted molar refractivity (Wildman–Crippen MR) is 81.6 cm³/mol. The molecular formula is C16H26N2O2. The van der Waals surface area contributed by atoms with Crippen molar-refractivity contribution < 1.29 is 9.53 Å². The molecule has 1 atom stereocenters. The summed E-state index contributed by atoms with van der Waals surface area (Å²) < 4.78 is 5.55. The molecule has 0 aliphatic carbocycles. The summed E-state index contributed by atoms with van der Waals surface area (Å²) in [6.45, 7) is 9.13. The van der Waals surface area contributed by atoms with Crippen LogP contribution < -0.4 is 15.8 Å². The number of hydrogen-bond donors (Lipinski definition) is 2. The lowest BCUT2D eigenvalue weighted by atomic mass is 9.92. The van der Waals surface area contributed by atoms with Crippen molar-refractivity contribution >= 4 is 5.91 Å². The number of carbonyl (C=O) groups is 1. The number of amides is 1. The van der Waals surface area contributed by atoms with Crippen LogP contribution in [-0.2, 0) is 4.79 Å². The molecule has 1 amide bonds. The van der Waals surface area contributed by atoms with E-state index >= 15 is 0 Å². The highest BCUT2D eigenvalue weighted by Crippen LogP contribution is 2.20. The zero-order valence-electron chi connectivity index (χ0n) is 12.9. The third kappa shape index (κ3) is 4.85. The number of hydrogen-bond acceptors (Lipinski definition) is 3. The summed E-state index contributed by atoms with van der Waals surface area (Å²) in [5.74, 6) is 0.598. The zero-order chi connectivity index (χ0) is 15.2. The molecule has 0 saturated carbocycles. The first-order chi connectivity index (χ1) is 9.36. The highest BCUT2D eigenvalue weighted by molar-refractivity contribution is 5.80. The number of benzene rings is 1. The first-order valence-corrected chi connectivity index (χ1v) is 7.13. The maximum atomic E-state index is 11.3. The van der Waals surface area contributed by atoms with E-state index in [2.05, 4.69) is 19.2 Å². The van der Waals surface area contributed by atoms with Crippen molar-refractivity contribution in [2.75, 3.05) is 13.2 Å². The fourth-order valence-corrected chi connectivity index (χ4v) is 1.69. The Morgan fingerprint density at radius 3 is 2.45 bits per heavy atom. The molecule has 0 aliphatic heterocycles. The number of primary amides is 1. The number of nitrogens with two attached hydrogens (primary N) is 1. The maximum absolute atomic E-state index is 11.3. The number of ether oxygens (including phenoxy) is 1. The Balaban J connectivity index is 2.55. The predicted octanol–water partition coefficient (Wildman–Crippen LogP) is 2.64. The van der Waals surface area contributed by atoms with Crippen LogP contribution in [0.5, 0.6) is 5.75 Å². The molecular weight excluding hydrogens is 252 g/mol. The fourth-order valence-electron chi connectivity index (χ4n) is 1.69. The summed E-state index contributed by atoms with van der Waals surface area (Å²) in [4.78, 5) is 11.3. The molecule has 0 spiro atoms. The minimum Gasteiger partial charge on any atom is -0.494 e. The minimum absolute atomic E-state index is 0.161. The molecule has 1 aromatic carbocycles. The third-order valence-corrected chi connectivity index (χ3v) is 3.37. The molecule has 20 heavy (non-hydrogen) atoms. The molecule has 1 aromatic rings. The van der Waals surface area contributed by atoms with E-state index < -0.39 is 5.41 Å². The Morgan fingerprint density at radius 1 is 1.35 bits per heavy atom. The van der Waals surface area contributed by atoms with E-state index in [0.717, 1.165) is 24.3 Å². The number of nitrogens with one attached hydrogen (secondary N) is 1. The van der Waals surface area contributed by atoms with Crippen LogP contribution in [0.3, 0.4) is 0 Å². The zero-order valence-corrected chi connectivity index (χ0v) is 12.9. The molecule has 1 unspecified atom stereocenters. The van der Waals surface area contributed by atoms with Gasteiger partial charge in [0, 0.05) is 12.6 Å². The van der Waals surface area contributed by atoms with Crippen LogP contribution in [-0.4, -0.2) is 19.1 Å². The van der Waals surface area contributed by atoms with Crippen LogP contribution in [0.4, 0.5) is 0 Å². The smallest absolute Gasteiger partial charge is 0.224 e. The Labute approximate surface area is 121 Å². The van der Waals surface area contributed by atoms with Gasteiger partial charge in [-0.15, -0.1) is 0 Å². The third-order valence-electron chi connectivity index (χ3n) is 3.37. The van der Waals surface area contributed by atoms with Crippen LogP contribution >= 0.6 is 0 Å². The monoisotopic (exact) mass is 278 g/mol. The van der Waals surface area contributed by atoms with Crippen LogP contribution in [0.1, 0.15) is 45.7 Å². The molecule has 1 rings (SSSR count). The molecule has 0 radical (unpaired) electrons. The fraction of sp³-hybridized carbons (Fsp3) is 0.562. The molecule has 4 heteroatoms. The quantitative estimate of drug-likeness (QED) is 0.768. The summed E-state index contributed by atoms with van der Waals surface area (Å²) in [6.07, 6.45) is 1.00. The Bertz CT molecular complexity index is 427. The molecule has 0 aliphatic rings. The Kier molecular flexibility index (Phi) is 6.02. The lowest BCUT2D eigenvalue weighted by molar-refractivity contribution is -0.125. The topological polar surface area (TPSA) is 64.3 Å². The van der Waals surface area contributed by atoms with Gasteiger partial charge in [-0.1, -0.05) is 19.1 Å². The number of rotatable bonds is 8. The van der Waals surface area contributed by atoms with Crippen molar-refractivity contribution in [3.8, 4) is 5.75 Å². The lowest BCUT2D eigenvalue weighted by Gasteiger charge is -2.24. The van der Waals surface area contributed by atoms with Crippen molar-refractivity contribution in [2.45, 2.75) is 40.2 Å². The second kappa shape index (κ2) is 7.29. The van der Waals surface area contributed by atoms with E-state index in [1.54, 1.807) is 0 Å². The van der Waals surface area contributed by atoms with E-state index in [1.807, 2.05) is 38.1 Å². The summed E-state index contributed by atoms with van der Waals surface area (Å²) in [7, 11) is 0. The van der Waals surface area contributed by atoms with Gasteiger partial charge in [-0.3, -0.25) is 4.79 Å². The normalized spacial score (nSPS) is 13.0. The van der Waals surface area contributed by atoms with Gasteiger partial charge < -0.3 is 15.8 Å². The van der Waals surface area contributed by atoms with Crippen LogP contribution in [0.15, 0.2) is 24.3 Å². The first-order valence-electron chi connectivity index (χ1n) is 7.13. The van der Waals surface area contributed by atoms with E-state index in [1.165, 1.54) is 0 Å². The molecule has 112 valence electrons. The van der Waals surface area contributed by atoms with Gasteiger partial charge in [0.1, 0.15) is 5.75 Å². The van der Waals surface area contributed by atoms with Crippen molar-refractivity contribution in [1.29, 1.82) is 0 Å². The van der Waals surface area contributed by atoms with E-state index in [0.29, 0.717) is 6.54 Å². The molecule has 0 heterocycles. The van der Waals surface area contributed by atoms with Crippen LogP contribution in [0, 0.1) is 5.41 Å². The lowest BCUT2D eigenvalue weighted by Crippen LogP contribution is -2.41. The summed E-state index contributed by atoms with van der Waals surface area (Å²) in [5, 5.41) is 3.34. The van der Waals surface area contributed by atoms with Crippen molar-refractivity contribution in [3.05, 3.63) is 29.8 Å². The summed E-state index contributed by atoms with van der Waals surface area (Å²) >= 11 is 0. The van der Waals surface area contributed by atoms with Gasteiger partial charge in [-0.2, -0.15) is 0 Å². The SMILES string of the molecule is CCCOc1ccc(C(C)NCC(C)(C)C(N)=O)cc1. The molecule has 0 fully saturated rings. The van der Waals surface area contributed by atoms with Gasteiger partial charge in [-0.05, 0) is 44.9 Å². The second-order valence-corrected chi connectivity index (χ2v) is 5.77. The van der Waals surface area contributed by atoms with Crippen molar-refractivity contribution in [1.82, 2.24) is 5.32 Å². The minimum atomic E-state index is -0.543. The maximum Gasteiger partial charge on any atom is 0.224 e. The summed E-state index contributed by atoms with van der Waals surface area (Å²) in [5.41, 5.74) is 5.98. The van der Waals surface area contributed by atoms with Crippen molar-refractivity contribution in [3.63, 3.8) is 0 Å². The number of carbonyl (C=O) groups excluding carboxylic acids is 1. The first kappa shape index (κ1) is 16.5. The average molecular weight is 278 g/mol. The largest absolute Gasteiger partial charge is 0.494 e. The Hall–Kier alpha value is -1.55. The van der Waals surface area contributed by atoms with Gasteiger partial charge in [0.05, 0.1) is 12.0 Å². The molecule has 0 aromatic heterocycles. The van der Waals surface area contributed by atoms with Gasteiger partial charge >= 0.3 is 0 Å². The summed E-state index contributed by atoms with van der Waals surface area (Å²) in [6, 6.07) is 8.19. The van der Waals surface area contributed by atoms with Crippen molar-refractivity contribution in [2.24, 2.45) is 11.1 Å². The molecule has 3 N–H and O–H groups in total. The molecule has 4 nitrogen and oxygen atoms in total. The average Bonchev–Trinajstić information content (AvgIpc) is 2.43. The highest BCUT2D eigenvalue weighted by atomic mass is 16.5. The molecule has 0 saturated heterocycles. The molecule has 0 bridgehead atoms. The highest BCUT2D eigenvalue weighted by Gasteiger charge is 2.25. The van der Waals surface area contributed by atoms with E-state index in [4.69, 9.17) is 10.5 Å². The van der Waals surface area contributed by atoms with Gasteiger partial charge in [0.25, 0.3) is 0 Å². The Morgan fingerprint density at radius 2 is 1.95 bits per heavy atom. The standard InChI is InChI=1S/C16H26N2O2/c1-5-10-20-14-8-6-13(7-9-14)12(2)18-11-16(3,4)15(17)19/h6-9,12,18H,5,10-11H2,1-4H3,(H2,17,19). The van der Waals surface area contributed by atoms with Crippen LogP contribution in [0.2, 0.25) is 0 Å². The van der Waals surface area contributed by atoms with E-state index in [9.17, 15) is 4.79 Å². The second-order valence-electron chi connectivity index (χ2n) is 5.77. The van der Waals surface area contributed by atoms with Gasteiger partial charge in [-0.25, -0.2) is 0 Å². The van der Waals surface area contributed by atoms with Gasteiger partial charge in [0.2, 0.25) is 5.91 Å². The van der Waals surface area contributed by atoms with Gasteiger partial charge in [0.15, 0.2) is 0 Å².